The third kappa shape index (κ3) is 6.54. The fourth-order valence-corrected chi connectivity index (χ4v) is 2.81. The zero-order valence-corrected chi connectivity index (χ0v) is 17.6. The highest BCUT2D eigenvalue weighted by Gasteiger charge is 2.09. The molecule has 0 radical (unpaired) electrons. The standard InChI is InChI=1S/C23H22BrNO4/c1-17-15-19(11-12-20(17)24)29-16-23(26)25-21-9-5-6-10-22(21)28-14-13-27-18-7-3-2-4-8-18/h2-12,15H,13-14,16H2,1H3,(H,25,26). The summed E-state index contributed by atoms with van der Waals surface area (Å²) < 4.78 is 18.0. The number of rotatable bonds is 9. The van der Waals surface area contributed by atoms with Crippen molar-refractivity contribution in [2.45, 2.75) is 6.92 Å². The minimum absolute atomic E-state index is 0.0907. The second-order valence-corrected chi connectivity index (χ2v) is 7.11. The monoisotopic (exact) mass is 455 g/mol. The Balaban J connectivity index is 1.48. The largest absolute Gasteiger partial charge is 0.490 e. The van der Waals surface area contributed by atoms with E-state index in [0.717, 1.165) is 15.8 Å². The number of carbonyl (C=O) groups is 1. The molecule has 3 rings (SSSR count). The summed E-state index contributed by atoms with van der Waals surface area (Å²) in [7, 11) is 0. The normalized spacial score (nSPS) is 10.3. The summed E-state index contributed by atoms with van der Waals surface area (Å²) in [6.45, 7) is 2.63. The summed E-state index contributed by atoms with van der Waals surface area (Å²) in [6, 6.07) is 22.4. The molecule has 1 amide bonds. The quantitative estimate of drug-likeness (QED) is 0.448. The van der Waals surface area contributed by atoms with Crippen molar-refractivity contribution in [3.63, 3.8) is 0 Å². The molecule has 0 aromatic heterocycles. The first-order valence-corrected chi connectivity index (χ1v) is 9.99. The Bertz CT molecular complexity index is 947. The van der Waals surface area contributed by atoms with Crippen LogP contribution in [0.15, 0.2) is 77.3 Å². The minimum atomic E-state index is -0.262. The van der Waals surface area contributed by atoms with Gasteiger partial charge < -0.3 is 19.5 Å². The first kappa shape index (κ1) is 20.7. The summed E-state index contributed by atoms with van der Waals surface area (Å²) in [6.07, 6.45) is 0. The van der Waals surface area contributed by atoms with Crippen LogP contribution in [0.5, 0.6) is 17.2 Å². The van der Waals surface area contributed by atoms with Gasteiger partial charge in [0, 0.05) is 4.47 Å². The van der Waals surface area contributed by atoms with Gasteiger partial charge >= 0.3 is 0 Å². The van der Waals surface area contributed by atoms with Crippen molar-refractivity contribution >= 4 is 27.5 Å². The molecule has 0 fully saturated rings. The molecule has 0 saturated carbocycles. The second-order valence-electron chi connectivity index (χ2n) is 6.25. The van der Waals surface area contributed by atoms with E-state index in [0.29, 0.717) is 30.4 Å². The lowest BCUT2D eigenvalue weighted by Gasteiger charge is -2.13. The Labute approximate surface area is 178 Å². The Hall–Kier alpha value is -2.99. The molecule has 5 nitrogen and oxygen atoms in total. The summed E-state index contributed by atoms with van der Waals surface area (Å²) in [4.78, 5) is 12.3. The topological polar surface area (TPSA) is 56.8 Å². The van der Waals surface area contributed by atoms with E-state index in [1.165, 1.54) is 0 Å². The number of aryl methyl sites for hydroxylation is 1. The average Bonchev–Trinajstić information content (AvgIpc) is 2.74. The molecule has 3 aromatic carbocycles. The molecule has 0 unspecified atom stereocenters. The molecule has 0 aliphatic rings. The highest BCUT2D eigenvalue weighted by atomic mass is 79.9. The van der Waals surface area contributed by atoms with E-state index in [9.17, 15) is 4.79 Å². The van der Waals surface area contributed by atoms with Crippen molar-refractivity contribution in [1.82, 2.24) is 0 Å². The van der Waals surface area contributed by atoms with E-state index in [2.05, 4.69) is 21.2 Å². The number of benzene rings is 3. The van der Waals surface area contributed by atoms with Crippen LogP contribution in [0.2, 0.25) is 0 Å². The number of ether oxygens (including phenoxy) is 3. The van der Waals surface area contributed by atoms with Gasteiger partial charge in [0.15, 0.2) is 6.61 Å². The zero-order chi connectivity index (χ0) is 20.5. The van der Waals surface area contributed by atoms with Crippen LogP contribution >= 0.6 is 15.9 Å². The van der Waals surface area contributed by atoms with Gasteiger partial charge in [0.1, 0.15) is 30.5 Å². The van der Waals surface area contributed by atoms with Gasteiger partial charge in [-0.05, 0) is 55.0 Å². The fraction of sp³-hybridized carbons (Fsp3) is 0.174. The molecule has 0 bridgehead atoms. The van der Waals surface area contributed by atoms with E-state index in [1.807, 2.05) is 67.6 Å². The van der Waals surface area contributed by atoms with E-state index in [4.69, 9.17) is 14.2 Å². The zero-order valence-electron chi connectivity index (χ0n) is 16.1. The third-order valence-electron chi connectivity index (χ3n) is 4.01. The SMILES string of the molecule is Cc1cc(OCC(=O)Nc2ccccc2OCCOc2ccccc2)ccc1Br. The van der Waals surface area contributed by atoms with Gasteiger partial charge in [0.25, 0.3) is 5.91 Å². The molecule has 6 heteroatoms. The van der Waals surface area contributed by atoms with Gasteiger partial charge in [-0.2, -0.15) is 0 Å². The number of carbonyl (C=O) groups excluding carboxylic acids is 1. The molecular weight excluding hydrogens is 434 g/mol. The summed E-state index contributed by atoms with van der Waals surface area (Å²) >= 11 is 3.44. The average molecular weight is 456 g/mol. The molecule has 150 valence electrons. The number of anilines is 1. The van der Waals surface area contributed by atoms with Crippen molar-refractivity contribution in [3.05, 3.63) is 82.8 Å². The molecule has 0 heterocycles. The van der Waals surface area contributed by atoms with Crippen LogP contribution in [0.4, 0.5) is 5.69 Å². The summed E-state index contributed by atoms with van der Waals surface area (Å²) in [5.74, 6) is 1.75. The van der Waals surface area contributed by atoms with E-state index in [-0.39, 0.29) is 12.5 Å². The molecule has 3 aromatic rings. The van der Waals surface area contributed by atoms with Crippen LogP contribution in [0.3, 0.4) is 0 Å². The molecule has 0 atom stereocenters. The molecular formula is C23H22BrNO4. The van der Waals surface area contributed by atoms with Crippen molar-refractivity contribution in [1.29, 1.82) is 0 Å². The molecule has 0 saturated heterocycles. The number of hydrogen-bond acceptors (Lipinski definition) is 4. The van der Waals surface area contributed by atoms with E-state index < -0.39 is 0 Å². The van der Waals surface area contributed by atoms with Crippen LogP contribution in [0.1, 0.15) is 5.56 Å². The summed E-state index contributed by atoms with van der Waals surface area (Å²) in [5, 5.41) is 2.83. The Morgan fingerprint density at radius 3 is 2.38 bits per heavy atom. The molecule has 1 N–H and O–H groups in total. The predicted octanol–water partition coefficient (Wildman–Crippen LogP) is 5.23. The van der Waals surface area contributed by atoms with Gasteiger partial charge in [-0.15, -0.1) is 0 Å². The maximum absolute atomic E-state index is 12.3. The molecule has 0 spiro atoms. The number of hydrogen-bond donors (Lipinski definition) is 1. The predicted molar refractivity (Wildman–Crippen MR) is 117 cm³/mol. The second kappa shape index (κ2) is 10.5. The highest BCUT2D eigenvalue weighted by Crippen LogP contribution is 2.24. The fourth-order valence-electron chi connectivity index (χ4n) is 2.57. The Morgan fingerprint density at radius 1 is 0.862 bits per heavy atom. The smallest absolute Gasteiger partial charge is 0.262 e. The van der Waals surface area contributed by atoms with E-state index >= 15 is 0 Å². The number of para-hydroxylation sites is 3. The molecule has 29 heavy (non-hydrogen) atoms. The maximum Gasteiger partial charge on any atom is 0.262 e. The first-order chi connectivity index (χ1) is 14.1. The van der Waals surface area contributed by atoms with Gasteiger partial charge in [-0.25, -0.2) is 0 Å². The van der Waals surface area contributed by atoms with Crippen LogP contribution in [-0.2, 0) is 4.79 Å². The maximum atomic E-state index is 12.3. The number of nitrogens with one attached hydrogen (secondary N) is 1. The van der Waals surface area contributed by atoms with Crippen molar-refractivity contribution in [3.8, 4) is 17.2 Å². The van der Waals surface area contributed by atoms with Crippen LogP contribution in [-0.4, -0.2) is 25.7 Å². The van der Waals surface area contributed by atoms with Crippen LogP contribution in [0, 0.1) is 6.92 Å². The van der Waals surface area contributed by atoms with Crippen molar-refractivity contribution in [2.75, 3.05) is 25.1 Å². The first-order valence-electron chi connectivity index (χ1n) is 9.20. The Kier molecular flexibility index (Phi) is 7.53. The lowest BCUT2D eigenvalue weighted by atomic mass is 10.2. The summed E-state index contributed by atoms with van der Waals surface area (Å²) in [5.41, 5.74) is 1.63. The number of halogens is 1. The molecule has 0 aliphatic heterocycles. The van der Waals surface area contributed by atoms with Gasteiger partial charge in [0.05, 0.1) is 5.69 Å². The van der Waals surface area contributed by atoms with E-state index in [1.54, 1.807) is 12.1 Å². The molecule has 0 aliphatic carbocycles. The van der Waals surface area contributed by atoms with Gasteiger partial charge in [-0.1, -0.05) is 46.3 Å². The van der Waals surface area contributed by atoms with Gasteiger partial charge in [0.2, 0.25) is 0 Å². The third-order valence-corrected chi connectivity index (χ3v) is 4.90. The van der Waals surface area contributed by atoms with Gasteiger partial charge in [-0.3, -0.25) is 4.79 Å². The lowest BCUT2D eigenvalue weighted by molar-refractivity contribution is -0.118. The van der Waals surface area contributed by atoms with Crippen LogP contribution < -0.4 is 19.5 Å². The number of amides is 1. The minimum Gasteiger partial charge on any atom is -0.490 e. The highest BCUT2D eigenvalue weighted by molar-refractivity contribution is 9.10. The Morgan fingerprint density at radius 2 is 1.59 bits per heavy atom. The van der Waals surface area contributed by atoms with Crippen LogP contribution in [0.25, 0.3) is 0 Å². The lowest BCUT2D eigenvalue weighted by Crippen LogP contribution is -2.21. The van der Waals surface area contributed by atoms with Crippen molar-refractivity contribution in [2.24, 2.45) is 0 Å². The van der Waals surface area contributed by atoms with Crippen molar-refractivity contribution < 1.29 is 19.0 Å².